The Morgan fingerprint density at radius 2 is 1.70 bits per heavy atom. The summed E-state index contributed by atoms with van der Waals surface area (Å²) in [5.74, 6) is 1.63. The number of aryl methyl sites for hydroxylation is 1. The van der Waals surface area contributed by atoms with Gasteiger partial charge in [-0.2, -0.15) is 5.26 Å². The van der Waals surface area contributed by atoms with Crippen LogP contribution in [0.2, 0.25) is 0 Å². The molecule has 3 aliphatic rings. The first-order valence-corrected chi connectivity index (χ1v) is 14.4. The zero-order valence-electron chi connectivity index (χ0n) is 22.7. The van der Waals surface area contributed by atoms with Gasteiger partial charge in [0.2, 0.25) is 0 Å². The molecule has 3 aliphatic heterocycles. The van der Waals surface area contributed by atoms with Crippen LogP contribution in [0.15, 0.2) is 54.6 Å². The molecule has 6 rings (SSSR count). The molecule has 2 aromatic carbocycles. The lowest BCUT2D eigenvalue weighted by Crippen LogP contribution is -2.51. The molecule has 4 heterocycles. The molecule has 4 unspecified atom stereocenters. The highest BCUT2D eigenvalue weighted by Crippen LogP contribution is 2.46. The van der Waals surface area contributed by atoms with Crippen LogP contribution in [-0.4, -0.2) is 50.6 Å². The molecule has 0 amide bonds. The lowest BCUT2D eigenvalue weighted by Gasteiger charge is -2.48. The van der Waals surface area contributed by atoms with Crippen molar-refractivity contribution in [3.8, 4) is 6.19 Å². The third-order valence-electron chi connectivity index (χ3n) is 9.96. The SMILES string of the molecule is Cc1nc2ccccc2n1C1CC2CCC(C1)N2CCC1(c2ccccc2)CCN(C#N)C(C(C)C)C1. The lowest BCUT2D eigenvalue weighted by molar-refractivity contribution is 0.0683. The minimum absolute atomic E-state index is 0.150. The van der Waals surface area contributed by atoms with Crippen molar-refractivity contribution >= 4 is 11.0 Å². The van der Waals surface area contributed by atoms with Crippen molar-refractivity contribution in [3.05, 3.63) is 66.0 Å². The second kappa shape index (κ2) is 9.80. The smallest absolute Gasteiger partial charge is 0.179 e. The van der Waals surface area contributed by atoms with E-state index in [-0.39, 0.29) is 5.41 Å². The number of benzene rings is 2. The monoisotopic (exact) mass is 495 g/mol. The molecule has 3 aromatic rings. The van der Waals surface area contributed by atoms with Gasteiger partial charge < -0.3 is 9.47 Å². The fourth-order valence-corrected chi connectivity index (χ4v) is 8.05. The Hall–Kier alpha value is -2.84. The van der Waals surface area contributed by atoms with Gasteiger partial charge in [0, 0.05) is 36.1 Å². The molecule has 0 spiro atoms. The average Bonchev–Trinajstić information content (AvgIpc) is 3.38. The minimum Gasteiger partial charge on any atom is -0.325 e. The largest absolute Gasteiger partial charge is 0.325 e. The normalized spacial score (nSPS) is 30.2. The zero-order valence-corrected chi connectivity index (χ0v) is 22.7. The number of hydrogen-bond donors (Lipinski definition) is 0. The summed E-state index contributed by atoms with van der Waals surface area (Å²) >= 11 is 0. The summed E-state index contributed by atoms with van der Waals surface area (Å²) in [5.41, 5.74) is 4.05. The molecular weight excluding hydrogens is 454 g/mol. The molecular formula is C32H41N5. The molecule has 4 atom stereocenters. The number of nitriles is 1. The minimum atomic E-state index is 0.150. The van der Waals surface area contributed by atoms with Crippen LogP contribution in [-0.2, 0) is 5.41 Å². The Morgan fingerprint density at radius 3 is 2.41 bits per heavy atom. The Morgan fingerprint density at radius 1 is 1.00 bits per heavy atom. The summed E-state index contributed by atoms with van der Waals surface area (Å²) in [6.07, 6.45) is 10.9. The van der Waals surface area contributed by atoms with E-state index in [9.17, 15) is 5.26 Å². The van der Waals surface area contributed by atoms with Crippen LogP contribution in [0.5, 0.6) is 0 Å². The van der Waals surface area contributed by atoms with E-state index in [1.807, 2.05) is 0 Å². The summed E-state index contributed by atoms with van der Waals surface area (Å²) in [6, 6.07) is 22.0. The van der Waals surface area contributed by atoms with Crippen molar-refractivity contribution in [1.82, 2.24) is 19.4 Å². The maximum Gasteiger partial charge on any atom is 0.179 e. The zero-order chi connectivity index (χ0) is 25.6. The molecule has 37 heavy (non-hydrogen) atoms. The van der Waals surface area contributed by atoms with Gasteiger partial charge in [0.25, 0.3) is 0 Å². The fourth-order valence-electron chi connectivity index (χ4n) is 8.05. The maximum absolute atomic E-state index is 9.81. The van der Waals surface area contributed by atoms with E-state index in [0.717, 1.165) is 37.3 Å². The van der Waals surface area contributed by atoms with E-state index < -0.39 is 0 Å². The number of imidazole rings is 1. The molecule has 194 valence electrons. The molecule has 2 bridgehead atoms. The van der Waals surface area contributed by atoms with Crippen LogP contribution in [0.1, 0.15) is 76.2 Å². The van der Waals surface area contributed by atoms with E-state index in [2.05, 4.69) is 95.9 Å². The highest BCUT2D eigenvalue weighted by molar-refractivity contribution is 5.76. The van der Waals surface area contributed by atoms with Crippen LogP contribution < -0.4 is 0 Å². The molecule has 3 fully saturated rings. The highest BCUT2D eigenvalue weighted by atomic mass is 15.2. The summed E-state index contributed by atoms with van der Waals surface area (Å²) in [6.45, 7) is 8.77. The first kappa shape index (κ1) is 24.5. The van der Waals surface area contributed by atoms with E-state index in [1.165, 1.54) is 43.2 Å². The second-order valence-corrected chi connectivity index (χ2v) is 12.2. The predicted molar refractivity (Wildman–Crippen MR) is 149 cm³/mol. The van der Waals surface area contributed by atoms with Crippen LogP contribution in [0.25, 0.3) is 11.0 Å². The van der Waals surface area contributed by atoms with E-state index >= 15 is 0 Å². The standard InChI is InChI=1S/C32H41N5/c1-23(2)31-21-32(15-17-35(31)22-33,25-9-5-4-6-10-25)16-18-36-26-13-14-27(36)20-28(19-26)37-24(3)34-29-11-7-8-12-30(29)37/h4-12,23,26-28,31H,13-21H2,1-3H3. The van der Waals surface area contributed by atoms with E-state index in [4.69, 9.17) is 4.98 Å². The number of hydrogen-bond acceptors (Lipinski definition) is 4. The van der Waals surface area contributed by atoms with Crippen molar-refractivity contribution in [1.29, 1.82) is 5.26 Å². The number of piperidine rings is 2. The molecule has 5 heteroatoms. The Labute approximate surface area is 222 Å². The van der Waals surface area contributed by atoms with E-state index in [0.29, 0.717) is 30.1 Å². The molecule has 0 aliphatic carbocycles. The molecule has 0 saturated carbocycles. The molecule has 0 N–H and O–H groups in total. The van der Waals surface area contributed by atoms with Crippen LogP contribution >= 0.6 is 0 Å². The van der Waals surface area contributed by atoms with E-state index in [1.54, 1.807) is 0 Å². The Balaban J connectivity index is 1.22. The predicted octanol–water partition coefficient (Wildman–Crippen LogP) is 6.44. The van der Waals surface area contributed by atoms with Gasteiger partial charge >= 0.3 is 0 Å². The van der Waals surface area contributed by atoms with Gasteiger partial charge in [0.1, 0.15) is 5.82 Å². The quantitative estimate of drug-likeness (QED) is 0.369. The summed E-state index contributed by atoms with van der Waals surface area (Å²) < 4.78 is 2.54. The molecule has 1 aromatic heterocycles. The van der Waals surface area contributed by atoms with Crippen molar-refractivity contribution in [2.75, 3.05) is 13.1 Å². The summed E-state index contributed by atoms with van der Waals surface area (Å²) in [5, 5.41) is 9.81. The van der Waals surface area contributed by atoms with Crippen LogP contribution in [0.3, 0.4) is 0 Å². The topological polar surface area (TPSA) is 48.1 Å². The van der Waals surface area contributed by atoms with Gasteiger partial charge in [-0.15, -0.1) is 0 Å². The molecule has 0 radical (unpaired) electrons. The van der Waals surface area contributed by atoms with Gasteiger partial charge in [0.15, 0.2) is 6.19 Å². The number of para-hydroxylation sites is 2. The molecule has 3 saturated heterocycles. The van der Waals surface area contributed by atoms with Gasteiger partial charge in [-0.3, -0.25) is 4.90 Å². The number of nitrogens with zero attached hydrogens (tertiary/aromatic N) is 5. The Bertz CT molecular complexity index is 1260. The highest BCUT2D eigenvalue weighted by Gasteiger charge is 2.45. The maximum atomic E-state index is 9.81. The molecule has 5 nitrogen and oxygen atoms in total. The number of fused-ring (bicyclic) bond motifs is 3. The first-order valence-electron chi connectivity index (χ1n) is 14.4. The van der Waals surface area contributed by atoms with Crippen LogP contribution in [0.4, 0.5) is 0 Å². The van der Waals surface area contributed by atoms with Gasteiger partial charge in [-0.05, 0) is 82.0 Å². The van der Waals surface area contributed by atoms with Crippen molar-refractivity contribution in [2.24, 2.45) is 5.92 Å². The third-order valence-corrected chi connectivity index (χ3v) is 9.96. The van der Waals surface area contributed by atoms with Gasteiger partial charge in [0.05, 0.1) is 11.0 Å². The number of likely N-dealkylation sites (tertiary alicyclic amines) is 1. The second-order valence-electron chi connectivity index (χ2n) is 12.2. The lowest BCUT2D eigenvalue weighted by atomic mass is 9.66. The van der Waals surface area contributed by atoms with Crippen molar-refractivity contribution in [2.45, 2.75) is 95.3 Å². The Kier molecular flexibility index (Phi) is 6.49. The van der Waals surface area contributed by atoms with Crippen molar-refractivity contribution < 1.29 is 0 Å². The summed E-state index contributed by atoms with van der Waals surface area (Å²) in [7, 11) is 0. The van der Waals surface area contributed by atoms with Crippen LogP contribution in [0, 0.1) is 24.3 Å². The average molecular weight is 496 g/mol. The third kappa shape index (κ3) is 4.34. The summed E-state index contributed by atoms with van der Waals surface area (Å²) in [4.78, 5) is 9.80. The number of rotatable bonds is 6. The fraction of sp³-hybridized carbons (Fsp3) is 0.562. The van der Waals surface area contributed by atoms with Gasteiger partial charge in [-0.25, -0.2) is 4.98 Å². The van der Waals surface area contributed by atoms with Crippen molar-refractivity contribution in [3.63, 3.8) is 0 Å². The first-order chi connectivity index (χ1) is 18.0. The number of aromatic nitrogens is 2. The van der Waals surface area contributed by atoms with Gasteiger partial charge in [-0.1, -0.05) is 56.3 Å².